The van der Waals surface area contributed by atoms with E-state index in [1.807, 2.05) is 6.92 Å². The van der Waals surface area contributed by atoms with E-state index in [4.69, 9.17) is 4.52 Å². The summed E-state index contributed by atoms with van der Waals surface area (Å²) < 4.78 is 5.02. The molecular formula is C11H16N2O2. The first-order chi connectivity index (χ1) is 7.20. The van der Waals surface area contributed by atoms with E-state index in [-0.39, 0.29) is 11.7 Å². The van der Waals surface area contributed by atoms with Crippen molar-refractivity contribution in [2.24, 2.45) is 5.92 Å². The van der Waals surface area contributed by atoms with Gasteiger partial charge in [0, 0.05) is 12.5 Å². The van der Waals surface area contributed by atoms with E-state index < -0.39 is 0 Å². The lowest BCUT2D eigenvalue weighted by atomic mass is 9.90. The average molecular weight is 208 g/mol. The van der Waals surface area contributed by atoms with Gasteiger partial charge in [0.2, 0.25) is 0 Å². The Hall–Kier alpha value is -1.16. The van der Waals surface area contributed by atoms with Crippen molar-refractivity contribution in [2.45, 2.75) is 26.7 Å². The van der Waals surface area contributed by atoms with Crippen LogP contribution in [0.1, 0.15) is 34.7 Å². The van der Waals surface area contributed by atoms with Crippen molar-refractivity contribution in [3.8, 4) is 0 Å². The van der Waals surface area contributed by atoms with Crippen LogP contribution in [0.3, 0.4) is 0 Å². The third kappa shape index (κ3) is 1.95. The fourth-order valence-corrected chi connectivity index (χ4v) is 2.11. The number of piperidine rings is 1. The lowest BCUT2D eigenvalue weighted by Crippen LogP contribution is -2.34. The predicted octanol–water partition coefficient (Wildman–Crippen LogP) is 1.47. The van der Waals surface area contributed by atoms with Crippen LogP contribution in [0.5, 0.6) is 0 Å². The third-order valence-corrected chi connectivity index (χ3v) is 2.95. The van der Waals surface area contributed by atoms with Gasteiger partial charge in [-0.05, 0) is 33.2 Å². The van der Waals surface area contributed by atoms with Gasteiger partial charge in [-0.15, -0.1) is 0 Å². The number of rotatable bonds is 2. The van der Waals surface area contributed by atoms with Crippen LogP contribution in [-0.2, 0) is 0 Å². The molecule has 0 bridgehead atoms. The molecule has 0 radical (unpaired) electrons. The molecule has 1 aliphatic rings. The van der Waals surface area contributed by atoms with Crippen LogP contribution in [-0.4, -0.2) is 24.0 Å². The highest BCUT2D eigenvalue weighted by atomic mass is 16.5. The zero-order valence-corrected chi connectivity index (χ0v) is 9.17. The molecule has 0 amide bonds. The van der Waals surface area contributed by atoms with E-state index in [1.165, 1.54) is 0 Å². The molecule has 15 heavy (non-hydrogen) atoms. The van der Waals surface area contributed by atoms with E-state index >= 15 is 0 Å². The molecule has 1 aliphatic heterocycles. The minimum atomic E-state index is 0.0931. The minimum Gasteiger partial charge on any atom is -0.361 e. The average Bonchev–Trinajstić information content (AvgIpc) is 2.59. The molecule has 0 saturated carbocycles. The normalized spacial score (nSPS) is 21.6. The third-order valence-electron chi connectivity index (χ3n) is 2.95. The molecule has 1 saturated heterocycles. The number of nitrogens with zero attached hydrogens (tertiary/aromatic N) is 1. The topological polar surface area (TPSA) is 55.1 Å². The largest absolute Gasteiger partial charge is 0.361 e. The summed E-state index contributed by atoms with van der Waals surface area (Å²) in [4.78, 5) is 12.2. The molecule has 4 nitrogen and oxygen atoms in total. The van der Waals surface area contributed by atoms with Crippen LogP contribution in [0.2, 0.25) is 0 Å². The Labute approximate surface area is 89.0 Å². The predicted molar refractivity (Wildman–Crippen MR) is 55.9 cm³/mol. The Morgan fingerprint density at radius 1 is 1.53 bits per heavy atom. The van der Waals surface area contributed by atoms with Crippen molar-refractivity contribution in [3.05, 3.63) is 17.0 Å². The lowest BCUT2D eigenvalue weighted by molar-refractivity contribution is 0.0897. The van der Waals surface area contributed by atoms with E-state index in [2.05, 4.69) is 10.5 Å². The van der Waals surface area contributed by atoms with Crippen molar-refractivity contribution in [1.29, 1.82) is 0 Å². The summed E-state index contributed by atoms with van der Waals surface area (Å²) >= 11 is 0. The Kier molecular flexibility index (Phi) is 2.86. The summed E-state index contributed by atoms with van der Waals surface area (Å²) in [6, 6.07) is 0. The summed E-state index contributed by atoms with van der Waals surface area (Å²) in [5, 5.41) is 7.06. The zero-order valence-electron chi connectivity index (χ0n) is 9.17. The molecule has 1 aromatic rings. The fraction of sp³-hybridized carbons (Fsp3) is 0.636. The fourth-order valence-electron chi connectivity index (χ4n) is 2.11. The summed E-state index contributed by atoms with van der Waals surface area (Å²) in [6.45, 7) is 5.41. The van der Waals surface area contributed by atoms with Gasteiger partial charge in [0.15, 0.2) is 5.78 Å². The molecule has 1 fully saturated rings. The second kappa shape index (κ2) is 4.14. The lowest BCUT2D eigenvalue weighted by Gasteiger charge is -2.21. The highest BCUT2D eigenvalue weighted by Gasteiger charge is 2.26. The van der Waals surface area contributed by atoms with Gasteiger partial charge in [-0.2, -0.15) is 0 Å². The van der Waals surface area contributed by atoms with Gasteiger partial charge >= 0.3 is 0 Å². The second-order valence-corrected chi connectivity index (χ2v) is 4.11. The number of carbonyl (C=O) groups is 1. The number of ketones is 1. The molecule has 4 heteroatoms. The number of nitrogens with one attached hydrogen (secondary N) is 1. The molecule has 82 valence electrons. The Bertz CT molecular complexity index is 345. The quantitative estimate of drug-likeness (QED) is 0.748. The Morgan fingerprint density at radius 2 is 2.33 bits per heavy atom. The minimum absolute atomic E-state index is 0.0931. The van der Waals surface area contributed by atoms with Crippen LogP contribution < -0.4 is 5.32 Å². The monoisotopic (exact) mass is 208 g/mol. The van der Waals surface area contributed by atoms with Crippen molar-refractivity contribution in [3.63, 3.8) is 0 Å². The van der Waals surface area contributed by atoms with Gasteiger partial charge in [0.05, 0.1) is 11.3 Å². The Balaban J connectivity index is 2.19. The van der Waals surface area contributed by atoms with Crippen LogP contribution in [0.25, 0.3) is 0 Å². The van der Waals surface area contributed by atoms with Crippen molar-refractivity contribution >= 4 is 5.78 Å². The number of carbonyl (C=O) groups excluding carboxylic acids is 1. The summed E-state index contributed by atoms with van der Waals surface area (Å²) in [5.41, 5.74) is 1.40. The molecule has 0 aliphatic carbocycles. The van der Waals surface area contributed by atoms with Gasteiger partial charge in [-0.3, -0.25) is 4.79 Å². The number of aromatic nitrogens is 1. The highest BCUT2D eigenvalue weighted by Crippen LogP contribution is 2.21. The molecule has 2 heterocycles. The van der Waals surface area contributed by atoms with Gasteiger partial charge in [-0.1, -0.05) is 5.16 Å². The van der Waals surface area contributed by atoms with Crippen LogP contribution in [0, 0.1) is 19.8 Å². The summed E-state index contributed by atoms with van der Waals surface area (Å²) in [5.74, 6) is 0.914. The smallest absolute Gasteiger partial charge is 0.172 e. The first-order valence-corrected chi connectivity index (χ1v) is 5.38. The first kappa shape index (κ1) is 10.4. The van der Waals surface area contributed by atoms with E-state index in [9.17, 15) is 4.79 Å². The summed E-state index contributed by atoms with van der Waals surface area (Å²) in [7, 11) is 0. The molecule has 1 aromatic heterocycles. The highest BCUT2D eigenvalue weighted by molar-refractivity contribution is 5.99. The molecule has 0 aromatic carbocycles. The van der Waals surface area contributed by atoms with Crippen LogP contribution >= 0.6 is 0 Å². The SMILES string of the molecule is Cc1noc(C)c1C(=O)C1CCCNC1. The zero-order chi connectivity index (χ0) is 10.8. The number of hydrogen-bond donors (Lipinski definition) is 1. The Morgan fingerprint density at radius 3 is 2.87 bits per heavy atom. The molecule has 1 atom stereocenters. The molecule has 1 N–H and O–H groups in total. The number of hydrogen-bond acceptors (Lipinski definition) is 4. The molecule has 2 rings (SSSR count). The van der Waals surface area contributed by atoms with Crippen LogP contribution in [0.4, 0.5) is 0 Å². The number of aryl methyl sites for hydroxylation is 2. The van der Waals surface area contributed by atoms with Crippen molar-refractivity contribution < 1.29 is 9.32 Å². The maximum Gasteiger partial charge on any atom is 0.172 e. The van der Waals surface area contributed by atoms with Crippen LogP contribution in [0.15, 0.2) is 4.52 Å². The van der Waals surface area contributed by atoms with E-state index in [1.54, 1.807) is 6.92 Å². The van der Waals surface area contributed by atoms with Gasteiger partial charge in [0.1, 0.15) is 5.76 Å². The van der Waals surface area contributed by atoms with Gasteiger partial charge in [-0.25, -0.2) is 0 Å². The molecule has 1 unspecified atom stereocenters. The maximum absolute atomic E-state index is 12.2. The van der Waals surface area contributed by atoms with E-state index in [0.29, 0.717) is 17.0 Å². The molecular weight excluding hydrogens is 192 g/mol. The van der Waals surface area contributed by atoms with Gasteiger partial charge in [0.25, 0.3) is 0 Å². The van der Waals surface area contributed by atoms with E-state index in [0.717, 1.165) is 25.9 Å². The van der Waals surface area contributed by atoms with Crippen molar-refractivity contribution in [1.82, 2.24) is 10.5 Å². The number of Topliss-reactive ketones (excluding diaryl/α,β-unsaturated/α-hetero) is 1. The van der Waals surface area contributed by atoms with Crippen molar-refractivity contribution in [2.75, 3.05) is 13.1 Å². The summed E-state index contributed by atoms with van der Waals surface area (Å²) in [6.07, 6.45) is 2.04. The van der Waals surface area contributed by atoms with Gasteiger partial charge < -0.3 is 9.84 Å². The first-order valence-electron chi connectivity index (χ1n) is 5.38. The second-order valence-electron chi connectivity index (χ2n) is 4.11. The maximum atomic E-state index is 12.2. The molecule has 0 spiro atoms. The standard InChI is InChI=1S/C11H16N2O2/c1-7-10(8(2)15-13-7)11(14)9-4-3-5-12-6-9/h9,12H,3-6H2,1-2H3.